The molecule has 2 fully saturated rings. The zero-order chi connectivity index (χ0) is 20.4. The van der Waals surface area contributed by atoms with Gasteiger partial charge in [0.1, 0.15) is 12.4 Å². The second kappa shape index (κ2) is 8.92. The van der Waals surface area contributed by atoms with Gasteiger partial charge < -0.3 is 9.47 Å². The highest BCUT2D eigenvalue weighted by molar-refractivity contribution is 7.88. The molecule has 1 saturated carbocycles. The van der Waals surface area contributed by atoms with Gasteiger partial charge in [0, 0.05) is 18.6 Å². The number of fused-ring (bicyclic) bond motifs is 5. The molecule has 29 heavy (non-hydrogen) atoms. The predicted octanol–water partition coefficient (Wildman–Crippen LogP) is 2.81. The van der Waals surface area contributed by atoms with Crippen molar-refractivity contribution in [3.8, 4) is 5.75 Å². The molecule has 1 N–H and O–H groups in total. The fourth-order valence-corrected chi connectivity index (χ4v) is 6.02. The Morgan fingerprint density at radius 3 is 2.66 bits per heavy atom. The van der Waals surface area contributed by atoms with E-state index >= 15 is 0 Å². The van der Waals surface area contributed by atoms with Gasteiger partial charge in [-0.15, -0.1) is 0 Å². The van der Waals surface area contributed by atoms with Gasteiger partial charge >= 0.3 is 0 Å². The molecule has 1 aromatic carbocycles. The highest BCUT2D eigenvalue weighted by atomic mass is 32.2. The number of hydrogen-bond acceptors (Lipinski definition) is 5. The topological polar surface area (TPSA) is 67.9 Å². The monoisotopic (exact) mass is 422 g/mol. The Morgan fingerprint density at radius 1 is 1.10 bits per heavy atom. The van der Waals surface area contributed by atoms with E-state index in [1.54, 1.807) is 0 Å². The molecule has 0 amide bonds. The molecule has 1 aromatic rings. The third kappa shape index (κ3) is 5.32. The molecule has 2 atom stereocenters. The molecule has 2 bridgehead atoms. The minimum Gasteiger partial charge on any atom is -0.492 e. The van der Waals surface area contributed by atoms with Crippen LogP contribution in [0, 0.1) is 6.92 Å². The van der Waals surface area contributed by atoms with Gasteiger partial charge in [-0.3, -0.25) is 4.90 Å². The third-order valence-electron chi connectivity index (χ3n) is 6.68. The van der Waals surface area contributed by atoms with E-state index in [0.717, 1.165) is 57.4 Å². The molecule has 4 aliphatic rings. The van der Waals surface area contributed by atoms with Crippen molar-refractivity contribution in [1.82, 2.24) is 9.62 Å². The molecule has 0 radical (unpaired) electrons. The minimum atomic E-state index is -3.25. The normalized spacial score (nSPS) is 31.5. The van der Waals surface area contributed by atoms with E-state index in [4.69, 9.17) is 9.47 Å². The van der Waals surface area contributed by atoms with Crippen LogP contribution in [0.2, 0.25) is 0 Å². The summed E-state index contributed by atoms with van der Waals surface area (Å²) in [4.78, 5) is 2.35. The summed E-state index contributed by atoms with van der Waals surface area (Å²) in [5.41, 5.74) is 2.55. The molecule has 1 saturated heterocycles. The molecule has 7 heteroatoms. The van der Waals surface area contributed by atoms with Gasteiger partial charge in [-0.05, 0) is 75.1 Å². The predicted molar refractivity (Wildman–Crippen MR) is 114 cm³/mol. The Labute approximate surface area is 175 Å². The van der Waals surface area contributed by atoms with E-state index in [2.05, 4.69) is 34.7 Å². The van der Waals surface area contributed by atoms with E-state index in [0.29, 0.717) is 19.1 Å². The first-order valence-corrected chi connectivity index (χ1v) is 12.8. The van der Waals surface area contributed by atoms with Crippen molar-refractivity contribution in [2.45, 2.75) is 69.6 Å². The Balaban J connectivity index is 1.57. The van der Waals surface area contributed by atoms with Crippen LogP contribution < -0.4 is 9.46 Å². The molecule has 0 aromatic heterocycles. The number of hydrogen-bond donors (Lipinski definition) is 1. The molecule has 0 spiro atoms. The van der Waals surface area contributed by atoms with E-state index in [9.17, 15) is 8.42 Å². The Kier molecular flexibility index (Phi) is 6.49. The van der Waals surface area contributed by atoms with Crippen LogP contribution in [-0.4, -0.2) is 64.1 Å². The maximum Gasteiger partial charge on any atom is 0.209 e. The first-order valence-electron chi connectivity index (χ1n) is 11.0. The smallest absolute Gasteiger partial charge is 0.209 e. The van der Waals surface area contributed by atoms with E-state index in [1.165, 1.54) is 17.4 Å². The van der Waals surface area contributed by atoms with Crippen LogP contribution in [0.3, 0.4) is 0 Å². The van der Waals surface area contributed by atoms with Crippen LogP contribution in [0.25, 0.3) is 0 Å². The summed E-state index contributed by atoms with van der Waals surface area (Å²) in [5.74, 6) is 1.56. The Bertz CT molecular complexity index is 805. The van der Waals surface area contributed by atoms with Crippen molar-refractivity contribution < 1.29 is 17.9 Å². The van der Waals surface area contributed by atoms with E-state index < -0.39 is 10.0 Å². The maximum atomic E-state index is 11.9. The molecule has 3 heterocycles. The zero-order valence-electron chi connectivity index (χ0n) is 17.6. The molecular weight excluding hydrogens is 388 g/mol. The molecule has 3 aliphatic heterocycles. The second-order valence-corrected chi connectivity index (χ2v) is 10.7. The number of sulfonamides is 1. The number of ether oxygens (including phenoxy) is 2. The SMILES string of the molecule is Cc1ccc2c(c1)OCCN1CCC[C@H](NS(C)(=O)=O)[C@@H]1COC1CCC2CC1. The van der Waals surface area contributed by atoms with Gasteiger partial charge in [-0.2, -0.15) is 0 Å². The maximum absolute atomic E-state index is 11.9. The number of nitrogens with one attached hydrogen (secondary N) is 1. The van der Waals surface area contributed by atoms with Crippen molar-refractivity contribution in [3.05, 3.63) is 29.3 Å². The molecule has 162 valence electrons. The standard InChI is InChI=1S/C22H34N2O4S/c1-16-5-10-19-17-6-8-18(9-7-17)28-15-21-20(23-29(2,25)26)4-3-11-24(21)12-13-27-22(19)14-16/h5,10,14,17-18,20-21,23H,3-4,6-9,11-13,15H2,1-2H3/t17?,18?,20-,21-/m0/s1. The molecule has 1 aliphatic carbocycles. The van der Waals surface area contributed by atoms with Crippen LogP contribution in [0.15, 0.2) is 18.2 Å². The van der Waals surface area contributed by atoms with Crippen LogP contribution in [0.4, 0.5) is 0 Å². The van der Waals surface area contributed by atoms with Crippen molar-refractivity contribution >= 4 is 10.0 Å². The number of nitrogens with zero attached hydrogens (tertiary/aromatic N) is 1. The van der Waals surface area contributed by atoms with Crippen molar-refractivity contribution in [2.75, 3.05) is 32.6 Å². The van der Waals surface area contributed by atoms with Crippen LogP contribution in [-0.2, 0) is 14.8 Å². The summed E-state index contributed by atoms with van der Waals surface area (Å²) in [6.45, 7) is 5.02. The summed E-state index contributed by atoms with van der Waals surface area (Å²) in [6.07, 6.45) is 7.68. The summed E-state index contributed by atoms with van der Waals surface area (Å²) < 4.78 is 39.3. The summed E-state index contributed by atoms with van der Waals surface area (Å²) >= 11 is 0. The summed E-state index contributed by atoms with van der Waals surface area (Å²) in [7, 11) is -3.25. The molecule has 0 unspecified atom stereocenters. The lowest BCUT2D eigenvalue weighted by Gasteiger charge is -2.41. The summed E-state index contributed by atoms with van der Waals surface area (Å²) in [6, 6.07) is 6.54. The Morgan fingerprint density at radius 2 is 1.90 bits per heavy atom. The van der Waals surface area contributed by atoms with Crippen molar-refractivity contribution in [1.29, 1.82) is 0 Å². The van der Waals surface area contributed by atoms with E-state index in [-0.39, 0.29) is 18.2 Å². The highest BCUT2D eigenvalue weighted by Gasteiger charge is 2.35. The lowest BCUT2D eigenvalue weighted by molar-refractivity contribution is -0.0284. The van der Waals surface area contributed by atoms with Gasteiger partial charge in [0.25, 0.3) is 0 Å². The zero-order valence-corrected chi connectivity index (χ0v) is 18.4. The van der Waals surface area contributed by atoms with Gasteiger partial charge in [0.15, 0.2) is 0 Å². The molecule has 6 nitrogen and oxygen atoms in total. The average Bonchev–Trinajstić information content (AvgIpc) is 2.68. The second-order valence-electron chi connectivity index (χ2n) is 8.94. The summed E-state index contributed by atoms with van der Waals surface area (Å²) in [5, 5.41) is 0. The minimum absolute atomic E-state index is 0.0533. The van der Waals surface area contributed by atoms with Gasteiger partial charge in [0.05, 0.1) is 19.0 Å². The first-order chi connectivity index (χ1) is 13.9. The number of benzene rings is 1. The van der Waals surface area contributed by atoms with E-state index in [1.807, 2.05) is 0 Å². The van der Waals surface area contributed by atoms with Crippen LogP contribution in [0.5, 0.6) is 5.75 Å². The fourth-order valence-electron chi connectivity index (χ4n) is 5.19. The first kappa shape index (κ1) is 21.1. The largest absolute Gasteiger partial charge is 0.492 e. The number of rotatable bonds is 2. The third-order valence-corrected chi connectivity index (χ3v) is 7.41. The number of aryl methyl sites for hydroxylation is 1. The van der Waals surface area contributed by atoms with Crippen LogP contribution in [0.1, 0.15) is 55.6 Å². The fraction of sp³-hybridized carbons (Fsp3) is 0.727. The highest BCUT2D eigenvalue weighted by Crippen LogP contribution is 2.39. The molecular formula is C22H34N2O4S. The Hall–Kier alpha value is -1.15. The van der Waals surface area contributed by atoms with Crippen LogP contribution >= 0.6 is 0 Å². The lowest BCUT2D eigenvalue weighted by atomic mass is 9.82. The van der Waals surface area contributed by atoms with Crippen molar-refractivity contribution in [3.63, 3.8) is 0 Å². The average molecular weight is 423 g/mol. The van der Waals surface area contributed by atoms with Crippen molar-refractivity contribution in [2.24, 2.45) is 0 Å². The van der Waals surface area contributed by atoms with Gasteiger partial charge in [-0.1, -0.05) is 12.1 Å². The molecule has 5 rings (SSSR count). The van der Waals surface area contributed by atoms with Gasteiger partial charge in [0.2, 0.25) is 10.0 Å². The quantitative estimate of drug-likeness (QED) is 0.794. The van der Waals surface area contributed by atoms with Gasteiger partial charge in [-0.25, -0.2) is 13.1 Å². The number of piperidine rings is 1. The lowest BCUT2D eigenvalue weighted by Crippen LogP contribution is -2.58.